The number of esters is 1. The number of hydrogen-bond donors (Lipinski definition) is 2. The maximum atomic E-state index is 11.0. The second-order valence-corrected chi connectivity index (χ2v) is 3.99. The molecule has 1 aromatic heterocycles. The molecule has 3 rings (SSSR count). The summed E-state index contributed by atoms with van der Waals surface area (Å²) in [7, 11) is 0. The third-order valence-electron chi connectivity index (χ3n) is 2.63. The van der Waals surface area contributed by atoms with Crippen LogP contribution in [0.25, 0.3) is 0 Å². The molecule has 21 heavy (non-hydrogen) atoms. The van der Waals surface area contributed by atoms with Gasteiger partial charge in [-0.3, -0.25) is 9.59 Å². The number of carbonyl (C=O) groups excluding carboxylic acids is 3. The molecule has 6 heteroatoms. The fraction of sp³-hybridized carbons (Fsp3) is 0. The highest BCUT2D eigenvalue weighted by atomic mass is 16.5. The van der Waals surface area contributed by atoms with E-state index in [1.165, 1.54) is 0 Å². The molecule has 0 radical (unpaired) electrons. The van der Waals surface area contributed by atoms with E-state index < -0.39 is 11.7 Å². The Morgan fingerprint density at radius 3 is 2.48 bits per heavy atom. The van der Waals surface area contributed by atoms with Crippen molar-refractivity contribution in [3.63, 3.8) is 0 Å². The lowest BCUT2D eigenvalue weighted by atomic mass is 10.2. The van der Waals surface area contributed by atoms with Gasteiger partial charge >= 0.3 is 5.97 Å². The molecule has 2 aromatic rings. The summed E-state index contributed by atoms with van der Waals surface area (Å²) in [6.45, 7) is 3.28. The Morgan fingerprint density at radius 2 is 1.86 bits per heavy atom. The second kappa shape index (κ2) is 6.33. The van der Waals surface area contributed by atoms with Crippen molar-refractivity contribution in [3.8, 4) is 0 Å². The summed E-state index contributed by atoms with van der Waals surface area (Å²) in [6, 6.07) is 10.4. The van der Waals surface area contributed by atoms with Crippen molar-refractivity contribution < 1.29 is 19.1 Å². The van der Waals surface area contributed by atoms with E-state index in [9.17, 15) is 14.4 Å². The summed E-state index contributed by atoms with van der Waals surface area (Å²) in [5.74, 6) is -1.41. The summed E-state index contributed by atoms with van der Waals surface area (Å²) in [4.78, 5) is 35.0. The largest absolute Gasteiger partial charge is 0.432 e. The normalized spacial score (nSPS) is 11.8. The van der Waals surface area contributed by atoms with Gasteiger partial charge in [0.05, 0.1) is 17.5 Å². The first-order chi connectivity index (χ1) is 10.1. The van der Waals surface area contributed by atoms with Gasteiger partial charge in [-0.15, -0.1) is 0 Å². The van der Waals surface area contributed by atoms with Crippen molar-refractivity contribution in [1.29, 1.82) is 0 Å². The van der Waals surface area contributed by atoms with Crippen LogP contribution in [0.15, 0.2) is 55.4 Å². The van der Waals surface area contributed by atoms with E-state index in [4.69, 9.17) is 0 Å². The fourth-order valence-corrected chi connectivity index (χ4v) is 1.67. The van der Waals surface area contributed by atoms with Crippen molar-refractivity contribution in [3.05, 3.63) is 66.7 Å². The van der Waals surface area contributed by atoms with Crippen LogP contribution in [0.4, 0.5) is 5.69 Å². The highest BCUT2D eigenvalue weighted by Crippen LogP contribution is 2.19. The summed E-state index contributed by atoms with van der Waals surface area (Å²) in [6.07, 6.45) is 2.73. The van der Waals surface area contributed by atoms with Crippen molar-refractivity contribution in [2.45, 2.75) is 0 Å². The molecule has 0 bridgehead atoms. The third kappa shape index (κ3) is 3.24. The number of amides is 1. The zero-order valence-electron chi connectivity index (χ0n) is 11.0. The van der Waals surface area contributed by atoms with E-state index in [1.807, 2.05) is 6.07 Å². The van der Waals surface area contributed by atoms with Crippen LogP contribution in [0.1, 0.15) is 20.8 Å². The Kier molecular flexibility index (Phi) is 4.30. The molecule has 0 aliphatic carbocycles. The number of ether oxygens (including phenoxy) is 1. The lowest BCUT2D eigenvalue weighted by Gasteiger charge is -1.96. The van der Waals surface area contributed by atoms with Crippen molar-refractivity contribution in [1.82, 2.24) is 4.98 Å². The van der Waals surface area contributed by atoms with Crippen LogP contribution in [0.2, 0.25) is 0 Å². The Morgan fingerprint density at radius 1 is 1.14 bits per heavy atom. The van der Waals surface area contributed by atoms with E-state index in [0.717, 1.165) is 6.26 Å². The van der Waals surface area contributed by atoms with E-state index in [1.54, 1.807) is 36.5 Å². The number of rotatable bonds is 2. The molecule has 0 spiro atoms. The number of anilines is 1. The van der Waals surface area contributed by atoms with Crippen molar-refractivity contribution >= 4 is 23.3 Å². The Bertz CT molecular complexity index is 689. The van der Waals surface area contributed by atoms with E-state index in [2.05, 4.69) is 21.6 Å². The molecule has 6 nitrogen and oxygen atoms in total. The smallest absolute Gasteiger partial charge is 0.342 e. The number of hydrogen-bond acceptors (Lipinski definition) is 4. The number of nitrogens with one attached hydrogen (secondary N) is 2. The highest BCUT2D eigenvalue weighted by molar-refractivity contribution is 6.51. The molecule has 1 amide bonds. The van der Waals surface area contributed by atoms with Gasteiger partial charge in [-0.05, 0) is 18.2 Å². The van der Waals surface area contributed by atoms with Gasteiger partial charge < -0.3 is 15.0 Å². The third-order valence-corrected chi connectivity index (χ3v) is 2.63. The number of Topliss-reactive ketones (excluding diaryl/α,β-unsaturated/α-hetero) is 1. The molecule has 0 saturated carbocycles. The highest BCUT2D eigenvalue weighted by Gasteiger charge is 2.28. The maximum Gasteiger partial charge on any atom is 0.342 e. The molecular formula is C15H12N2O4. The number of carbonyl (C=O) groups is 3. The van der Waals surface area contributed by atoms with E-state index in [0.29, 0.717) is 16.9 Å². The molecule has 0 atom stereocenters. The molecular weight excluding hydrogens is 272 g/mol. The number of fused-ring (bicyclic) bond motifs is 1. The topological polar surface area (TPSA) is 88.3 Å². The first-order valence-corrected chi connectivity index (χ1v) is 6.03. The average molecular weight is 284 g/mol. The predicted octanol–water partition coefficient (Wildman–Crippen LogP) is 2.14. The summed E-state index contributed by atoms with van der Waals surface area (Å²) < 4.78 is 4.55. The molecule has 106 valence electrons. The van der Waals surface area contributed by atoms with Crippen LogP contribution in [0.3, 0.4) is 0 Å². The Hall–Kier alpha value is -3.15. The van der Waals surface area contributed by atoms with Crippen LogP contribution in [0.5, 0.6) is 0 Å². The number of benzene rings is 1. The maximum absolute atomic E-state index is 11.0. The minimum Gasteiger partial charge on any atom is -0.432 e. The summed E-state index contributed by atoms with van der Waals surface area (Å²) in [5, 5.41) is 2.41. The minimum absolute atomic E-state index is 0.366. The van der Waals surface area contributed by atoms with Gasteiger partial charge in [0.2, 0.25) is 0 Å². The van der Waals surface area contributed by atoms with Gasteiger partial charge in [0.15, 0.2) is 0 Å². The molecule has 0 fully saturated rings. The van der Waals surface area contributed by atoms with E-state index in [-0.39, 0.29) is 5.97 Å². The van der Waals surface area contributed by atoms with Gasteiger partial charge in [-0.25, -0.2) is 4.79 Å². The molecule has 1 aromatic carbocycles. The first-order valence-electron chi connectivity index (χ1n) is 6.03. The molecule has 2 heterocycles. The van der Waals surface area contributed by atoms with Gasteiger partial charge in [0.1, 0.15) is 5.69 Å². The minimum atomic E-state index is -0.554. The standard InChI is InChI=1S/C9H8O2.C6H4N2O2/c1-2-11-9(10)8-6-4-3-5-7-8;9-5-4-3(1-2-7-4)8-6(5)10/h2-7H,1H2;1-2,7H,(H,8,9,10). The molecule has 0 saturated heterocycles. The van der Waals surface area contributed by atoms with E-state index >= 15 is 0 Å². The zero-order chi connectivity index (χ0) is 15.2. The monoisotopic (exact) mass is 284 g/mol. The molecule has 2 N–H and O–H groups in total. The SMILES string of the molecule is C=COC(=O)c1ccccc1.O=C1Nc2cc[nH]c2C1=O. The van der Waals surface area contributed by atoms with Crippen LogP contribution in [-0.4, -0.2) is 22.6 Å². The Labute approximate surface area is 120 Å². The molecule has 1 aliphatic heterocycles. The quantitative estimate of drug-likeness (QED) is 0.502. The van der Waals surface area contributed by atoms with Crippen LogP contribution >= 0.6 is 0 Å². The Balaban J connectivity index is 0.000000154. The van der Waals surface area contributed by atoms with Crippen LogP contribution in [0, 0.1) is 0 Å². The lowest BCUT2D eigenvalue weighted by Crippen LogP contribution is -2.13. The first kappa shape index (κ1) is 14.3. The molecule has 1 aliphatic rings. The van der Waals surface area contributed by atoms with Crippen molar-refractivity contribution in [2.75, 3.05) is 5.32 Å². The summed E-state index contributed by atoms with van der Waals surface area (Å²) >= 11 is 0. The number of aromatic nitrogens is 1. The number of H-pyrrole nitrogens is 1. The fourth-order valence-electron chi connectivity index (χ4n) is 1.67. The van der Waals surface area contributed by atoms with Gasteiger partial charge in [0.25, 0.3) is 11.7 Å². The number of aromatic amines is 1. The van der Waals surface area contributed by atoms with Crippen LogP contribution in [-0.2, 0) is 9.53 Å². The zero-order valence-corrected chi connectivity index (χ0v) is 11.0. The van der Waals surface area contributed by atoms with Gasteiger partial charge in [0, 0.05) is 6.20 Å². The van der Waals surface area contributed by atoms with Gasteiger partial charge in [-0.2, -0.15) is 0 Å². The van der Waals surface area contributed by atoms with Gasteiger partial charge in [-0.1, -0.05) is 24.8 Å². The average Bonchev–Trinajstić information content (AvgIpc) is 3.05. The molecule has 0 unspecified atom stereocenters. The summed E-state index contributed by atoms with van der Waals surface area (Å²) in [5.41, 5.74) is 1.48. The number of ketones is 1. The van der Waals surface area contributed by atoms with Crippen molar-refractivity contribution in [2.24, 2.45) is 0 Å². The van der Waals surface area contributed by atoms with Crippen LogP contribution < -0.4 is 5.32 Å². The lowest BCUT2D eigenvalue weighted by molar-refractivity contribution is -0.112. The predicted molar refractivity (Wildman–Crippen MR) is 75.8 cm³/mol. The second-order valence-electron chi connectivity index (χ2n) is 3.99.